The third-order valence-corrected chi connectivity index (χ3v) is 3.03. The van der Waals surface area contributed by atoms with E-state index in [1.165, 1.54) is 0 Å². The van der Waals surface area contributed by atoms with Crippen molar-refractivity contribution in [3.8, 4) is 0 Å². The van der Waals surface area contributed by atoms with E-state index in [4.69, 9.17) is 11.6 Å². The number of nitrogens with one attached hydrogen (secondary N) is 2. The van der Waals surface area contributed by atoms with E-state index in [1.54, 1.807) is 6.07 Å². The van der Waals surface area contributed by atoms with Crippen LogP contribution in [-0.4, -0.2) is 30.7 Å². The summed E-state index contributed by atoms with van der Waals surface area (Å²) in [5.41, 5.74) is 0.723. The number of hydrogen-bond acceptors (Lipinski definition) is 2. The van der Waals surface area contributed by atoms with E-state index < -0.39 is 6.10 Å². The minimum absolute atomic E-state index is 0. The molecule has 0 aliphatic heterocycles. The number of rotatable bonds is 6. The molecule has 0 aliphatic carbocycles. The number of aliphatic imine (C=N–C) groups is 1. The Balaban J connectivity index is 0.00000400. The van der Waals surface area contributed by atoms with Gasteiger partial charge >= 0.3 is 0 Å². The molecule has 120 valence electrons. The van der Waals surface area contributed by atoms with Gasteiger partial charge in [0.15, 0.2) is 5.96 Å². The van der Waals surface area contributed by atoms with Crippen LogP contribution in [0.3, 0.4) is 0 Å². The Labute approximate surface area is 149 Å². The first-order chi connectivity index (χ1) is 9.54. The molecule has 0 saturated carbocycles. The fourth-order valence-electron chi connectivity index (χ4n) is 1.66. The first-order valence-electron chi connectivity index (χ1n) is 6.99. The largest absolute Gasteiger partial charge is 0.387 e. The molecule has 1 rings (SSSR count). The van der Waals surface area contributed by atoms with Gasteiger partial charge < -0.3 is 15.7 Å². The molecule has 0 aromatic heterocycles. The Morgan fingerprint density at radius 2 is 1.95 bits per heavy atom. The molecule has 1 aromatic rings. The summed E-state index contributed by atoms with van der Waals surface area (Å²) >= 11 is 6.06. The minimum atomic E-state index is -0.661. The van der Waals surface area contributed by atoms with E-state index in [0.717, 1.165) is 18.7 Å². The van der Waals surface area contributed by atoms with Crippen molar-refractivity contribution in [2.75, 3.05) is 19.6 Å². The highest BCUT2D eigenvalue weighted by molar-refractivity contribution is 14.0. The van der Waals surface area contributed by atoms with Gasteiger partial charge in [-0.1, -0.05) is 43.6 Å². The average molecular weight is 426 g/mol. The van der Waals surface area contributed by atoms with E-state index in [2.05, 4.69) is 29.5 Å². The van der Waals surface area contributed by atoms with Crippen molar-refractivity contribution in [2.45, 2.75) is 26.9 Å². The summed E-state index contributed by atoms with van der Waals surface area (Å²) in [5.74, 6) is 1.21. The summed E-state index contributed by atoms with van der Waals surface area (Å²) in [7, 11) is 0. The van der Waals surface area contributed by atoms with Crippen molar-refractivity contribution in [3.63, 3.8) is 0 Å². The number of hydrogen-bond donors (Lipinski definition) is 3. The van der Waals surface area contributed by atoms with Crippen molar-refractivity contribution in [3.05, 3.63) is 34.9 Å². The Hall–Kier alpha value is -0.530. The van der Waals surface area contributed by atoms with Gasteiger partial charge in [-0.25, -0.2) is 0 Å². The fraction of sp³-hybridized carbons (Fsp3) is 0.533. The molecule has 1 atom stereocenters. The molecule has 0 radical (unpaired) electrons. The molecule has 0 spiro atoms. The third-order valence-electron chi connectivity index (χ3n) is 2.69. The Morgan fingerprint density at radius 3 is 2.52 bits per heavy atom. The predicted octanol–water partition coefficient (Wildman–Crippen LogP) is 3.20. The van der Waals surface area contributed by atoms with Crippen molar-refractivity contribution in [1.29, 1.82) is 0 Å². The van der Waals surface area contributed by atoms with Gasteiger partial charge in [0.05, 0.1) is 6.10 Å². The zero-order chi connectivity index (χ0) is 15.0. The second kappa shape index (κ2) is 11.1. The van der Waals surface area contributed by atoms with Crippen LogP contribution in [0, 0.1) is 5.92 Å². The lowest BCUT2D eigenvalue weighted by atomic mass is 10.1. The van der Waals surface area contributed by atoms with Crippen LogP contribution in [0.1, 0.15) is 32.4 Å². The zero-order valence-electron chi connectivity index (χ0n) is 12.8. The van der Waals surface area contributed by atoms with Crippen molar-refractivity contribution in [1.82, 2.24) is 10.6 Å². The standard InChI is InChI=1S/C15H24ClN3O.HI/c1-4-17-15(18-9-11(2)3)19-10-14(20)12-7-5-6-8-13(12)16;/h5-8,11,14,20H,4,9-10H2,1-3H3,(H2,17,18,19);1H. The van der Waals surface area contributed by atoms with Crippen LogP contribution in [0.4, 0.5) is 0 Å². The Bertz CT molecular complexity index is 441. The number of halogens is 2. The molecule has 0 aliphatic rings. The summed E-state index contributed by atoms with van der Waals surface area (Å²) in [6.45, 7) is 8.14. The normalized spacial score (nSPS) is 12.8. The first kappa shape index (κ1) is 20.5. The molecule has 1 aromatic carbocycles. The van der Waals surface area contributed by atoms with Gasteiger partial charge in [-0.3, -0.25) is 4.99 Å². The lowest BCUT2D eigenvalue weighted by molar-refractivity contribution is 0.181. The highest BCUT2D eigenvalue weighted by atomic mass is 127. The quantitative estimate of drug-likeness (QED) is 0.373. The van der Waals surface area contributed by atoms with Crippen LogP contribution in [0.25, 0.3) is 0 Å². The first-order valence-corrected chi connectivity index (χ1v) is 7.37. The van der Waals surface area contributed by atoms with Crippen LogP contribution in [-0.2, 0) is 0 Å². The smallest absolute Gasteiger partial charge is 0.191 e. The summed E-state index contributed by atoms with van der Waals surface area (Å²) < 4.78 is 0. The van der Waals surface area contributed by atoms with E-state index in [1.807, 2.05) is 25.1 Å². The Morgan fingerprint density at radius 1 is 1.29 bits per heavy atom. The second-order valence-corrected chi connectivity index (χ2v) is 5.44. The molecule has 0 saturated heterocycles. The molecule has 4 nitrogen and oxygen atoms in total. The number of benzene rings is 1. The van der Waals surface area contributed by atoms with E-state index in [0.29, 0.717) is 23.4 Å². The summed E-state index contributed by atoms with van der Waals surface area (Å²) in [6, 6.07) is 7.31. The molecule has 0 fully saturated rings. The molecule has 3 N–H and O–H groups in total. The zero-order valence-corrected chi connectivity index (χ0v) is 15.9. The Kier molecular flexibility index (Phi) is 10.8. The lowest BCUT2D eigenvalue weighted by Crippen LogP contribution is -2.39. The molecule has 0 amide bonds. The molecular formula is C15H25ClIN3O. The van der Waals surface area contributed by atoms with Crippen LogP contribution < -0.4 is 10.6 Å². The topological polar surface area (TPSA) is 56.7 Å². The minimum Gasteiger partial charge on any atom is -0.387 e. The van der Waals surface area contributed by atoms with Crippen molar-refractivity contribution >= 4 is 41.5 Å². The summed E-state index contributed by atoms with van der Waals surface area (Å²) in [6.07, 6.45) is -0.661. The van der Waals surface area contributed by atoms with Crippen LogP contribution >= 0.6 is 35.6 Å². The maximum atomic E-state index is 10.2. The van der Waals surface area contributed by atoms with Crippen molar-refractivity contribution < 1.29 is 5.11 Å². The van der Waals surface area contributed by atoms with Gasteiger partial charge in [0, 0.05) is 30.2 Å². The lowest BCUT2D eigenvalue weighted by Gasteiger charge is -2.16. The molecule has 1 unspecified atom stereocenters. The highest BCUT2D eigenvalue weighted by Gasteiger charge is 2.11. The van der Waals surface area contributed by atoms with Crippen LogP contribution in [0.15, 0.2) is 29.3 Å². The monoisotopic (exact) mass is 425 g/mol. The molecule has 21 heavy (non-hydrogen) atoms. The fourth-order valence-corrected chi connectivity index (χ4v) is 1.93. The van der Waals surface area contributed by atoms with Gasteiger partial charge in [0.25, 0.3) is 0 Å². The van der Waals surface area contributed by atoms with E-state index >= 15 is 0 Å². The highest BCUT2D eigenvalue weighted by Crippen LogP contribution is 2.21. The van der Waals surface area contributed by atoms with Gasteiger partial charge in [-0.05, 0) is 18.9 Å². The molecule has 6 heteroatoms. The molecule has 0 bridgehead atoms. The number of aliphatic hydroxyl groups is 1. The molecule has 0 heterocycles. The van der Waals surface area contributed by atoms with Crippen molar-refractivity contribution in [2.24, 2.45) is 10.9 Å². The van der Waals surface area contributed by atoms with E-state index in [9.17, 15) is 5.11 Å². The average Bonchev–Trinajstić information content (AvgIpc) is 2.42. The number of guanidine groups is 1. The number of aliphatic hydroxyl groups excluding tert-OH is 1. The maximum absolute atomic E-state index is 10.2. The van der Waals surface area contributed by atoms with Crippen LogP contribution in [0.5, 0.6) is 0 Å². The SMILES string of the molecule is CCNC(=NCC(C)C)NCC(O)c1ccccc1Cl.I. The van der Waals surface area contributed by atoms with Gasteiger partial charge in [0.1, 0.15) is 0 Å². The van der Waals surface area contributed by atoms with E-state index in [-0.39, 0.29) is 24.0 Å². The predicted molar refractivity (Wildman–Crippen MR) is 101 cm³/mol. The van der Waals surface area contributed by atoms with Crippen LogP contribution in [0.2, 0.25) is 5.02 Å². The summed E-state index contributed by atoms with van der Waals surface area (Å²) in [4.78, 5) is 4.45. The van der Waals surface area contributed by atoms with Gasteiger partial charge in [-0.15, -0.1) is 24.0 Å². The number of nitrogens with zero attached hydrogens (tertiary/aromatic N) is 1. The van der Waals surface area contributed by atoms with Gasteiger partial charge in [-0.2, -0.15) is 0 Å². The third kappa shape index (κ3) is 7.87. The maximum Gasteiger partial charge on any atom is 0.191 e. The molecular weight excluding hydrogens is 401 g/mol. The van der Waals surface area contributed by atoms with Gasteiger partial charge in [0.2, 0.25) is 0 Å². The second-order valence-electron chi connectivity index (χ2n) is 5.03. The summed E-state index contributed by atoms with van der Waals surface area (Å²) in [5, 5.41) is 17.0.